The molecule has 3 aliphatic heterocycles. The SMILES string of the molecule is O=C1CSc2ccc(N3CC(CN4CCN(c5cc6c(cc5F)c(=O)c(C(=O)O)cn6C5CC5)CC4)OC3=O)cc2N1. The zero-order valence-electron chi connectivity index (χ0n) is 22.5. The zero-order chi connectivity index (χ0) is 29.1. The van der Waals surface area contributed by atoms with Crippen molar-refractivity contribution in [2.24, 2.45) is 0 Å². The van der Waals surface area contributed by atoms with Gasteiger partial charge in [0.05, 0.1) is 29.2 Å². The first-order valence-corrected chi connectivity index (χ1v) is 14.9. The van der Waals surface area contributed by atoms with Crippen LogP contribution in [0.25, 0.3) is 10.9 Å². The van der Waals surface area contributed by atoms with Crippen LogP contribution in [0.15, 0.2) is 46.2 Å². The Morgan fingerprint density at radius 3 is 2.62 bits per heavy atom. The second-order valence-corrected chi connectivity index (χ2v) is 12.1. The van der Waals surface area contributed by atoms with Crippen LogP contribution in [0, 0.1) is 5.82 Å². The number of piperazine rings is 1. The lowest BCUT2D eigenvalue weighted by Gasteiger charge is -2.37. The summed E-state index contributed by atoms with van der Waals surface area (Å²) < 4.78 is 22.8. The summed E-state index contributed by atoms with van der Waals surface area (Å²) in [5.74, 6) is -1.57. The number of thioether (sulfide) groups is 1. The van der Waals surface area contributed by atoms with Gasteiger partial charge in [-0.05, 0) is 43.2 Å². The third-order valence-corrected chi connectivity index (χ3v) is 9.30. The van der Waals surface area contributed by atoms with Crippen molar-refractivity contribution in [1.82, 2.24) is 9.47 Å². The number of aromatic nitrogens is 1. The van der Waals surface area contributed by atoms with Gasteiger partial charge < -0.3 is 24.6 Å². The largest absolute Gasteiger partial charge is 0.477 e. The van der Waals surface area contributed by atoms with Crippen molar-refractivity contribution in [2.45, 2.75) is 29.9 Å². The fraction of sp³-hybridized carbons (Fsp3) is 0.379. The number of fused-ring (bicyclic) bond motifs is 2. The van der Waals surface area contributed by atoms with Crippen molar-refractivity contribution >= 4 is 57.7 Å². The van der Waals surface area contributed by atoms with E-state index >= 15 is 4.39 Å². The molecule has 2 aromatic carbocycles. The molecule has 3 aromatic rings. The van der Waals surface area contributed by atoms with E-state index in [2.05, 4.69) is 10.2 Å². The van der Waals surface area contributed by atoms with Crippen molar-refractivity contribution in [1.29, 1.82) is 0 Å². The molecule has 1 atom stereocenters. The Hall–Kier alpha value is -4.10. The molecule has 1 saturated carbocycles. The maximum absolute atomic E-state index is 15.3. The normalized spacial score (nSPS) is 20.9. The van der Waals surface area contributed by atoms with E-state index in [1.165, 1.54) is 24.0 Å². The van der Waals surface area contributed by atoms with Crippen LogP contribution in [0.1, 0.15) is 29.2 Å². The van der Waals surface area contributed by atoms with Gasteiger partial charge in [0.2, 0.25) is 11.3 Å². The number of carbonyl (C=O) groups is 3. The first-order chi connectivity index (χ1) is 20.2. The number of anilines is 3. The van der Waals surface area contributed by atoms with Crippen molar-refractivity contribution in [3.05, 3.63) is 58.1 Å². The van der Waals surface area contributed by atoms with Crippen LogP contribution < -0.4 is 20.5 Å². The summed E-state index contributed by atoms with van der Waals surface area (Å²) in [4.78, 5) is 55.5. The topological polar surface area (TPSA) is 124 Å². The average molecular weight is 594 g/mol. The minimum Gasteiger partial charge on any atom is -0.477 e. The molecule has 1 aromatic heterocycles. The highest BCUT2D eigenvalue weighted by Gasteiger charge is 2.35. The molecule has 0 spiro atoms. The second kappa shape index (κ2) is 10.3. The molecule has 42 heavy (non-hydrogen) atoms. The van der Waals surface area contributed by atoms with Crippen LogP contribution in [0.3, 0.4) is 0 Å². The first-order valence-electron chi connectivity index (χ1n) is 13.9. The lowest BCUT2D eigenvalue weighted by molar-refractivity contribution is -0.113. The summed E-state index contributed by atoms with van der Waals surface area (Å²) in [6, 6.07) is 8.49. The Morgan fingerprint density at radius 2 is 1.88 bits per heavy atom. The molecule has 1 aliphatic carbocycles. The van der Waals surface area contributed by atoms with Gasteiger partial charge in [0.15, 0.2) is 0 Å². The number of carbonyl (C=O) groups excluding carboxylic acids is 2. The molecular formula is C29H28FN5O6S. The molecule has 2 N–H and O–H groups in total. The summed E-state index contributed by atoms with van der Waals surface area (Å²) >= 11 is 1.46. The van der Waals surface area contributed by atoms with Crippen LogP contribution in [0.4, 0.5) is 26.2 Å². The van der Waals surface area contributed by atoms with E-state index in [0.29, 0.717) is 67.6 Å². The maximum Gasteiger partial charge on any atom is 0.414 e. The Morgan fingerprint density at radius 1 is 1.10 bits per heavy atom. The van der Waals surface area contributed by atoms with Gasteiger partial charge in [-0.2, -0.15) is 0 Å². The first kappa shape index (κ1) is 26.8. The number of cyclic esters (lactones) is 1. The fourth-order valence-electron chi connectivity index (χ4n) is 5.93. The van der Waals surface area contributed by atoms with Crippen molar-refractivity contribution in [2.75, 3.05) is 60.1 Å². The van der Waals surface area contributed by atoms with E-state index in [9.17, 15) is 24.3 Å². The number of hydrogen-bond donors (Lipinski definition) is 2. The van der Waals surface area contributed by atoms with E-state index in [1.54, 1.807) is 21.6 Å². The number of pyridine rings is 1. The molecule has 3 fully saturated rings. The number of ether oxygens (including phenoxy) is 1. The minimum atomic E-state index is -1.32. The predicted molar refractivity (Wildman–Crippen MR) is 155 cm³/mol. The molecule has 1 unspecified atom stereocenters. The van der Waals surface area contributed by atoms with Gasteiger partial charge in [0, 0.05) is 60.9 Å². The fourth-order valence-corrected chi connectivity index (χ4v) is 6.72. The summed E-state index contributed by atoms with van der Waals surface area (Å²) in [5, 5.41) is 12.4. The minimum absolute atomic E-state index is 0.0705. The van der Waals surface area contributed by atoms with E-state index in [1.807, 2.05) is 17.0 Å². The standard InChI is InChI=1S/C29H28FN5O6S/c30-21-10-19-23(34(16-1-2-16)14-20(27(19)37)28(38)39)11-24(21)33-7-5-32(6-8-33)12-18-13-35(29(40)41-18)17-3-4-25-22(9-17)31-26(36)15-42-25/h3-4,9-11,14,16,18H,1-2,5-8,12-13,15H2,(H,31,36)(H,38,39). The lowest BCUT2D eigenvalue weighted by Crippen LogP contribution is -2.49. The highest BCUT2D eigenvalue weighted by Crippen LogP contribution is 2.38. The number of aromatic carboxylic acids is 1. The predicted octanol–water partition coefficient (Wildman–Crippen LogP) is 3.37. The molecule has 13 heteroatoms. The molecule has 0 radical (unpaired) electrons. The smallest absolute Gasteiger partial charge is 0.414 e. The lowest BCUT2D eigenvalue weighted by atomic mass is 10.1. The number of carboxylic acids is 1. The van der Waals surface area contributed by atoms with E-state index in [-0.39, 0.29) is 29.0 Å². The number of benzene rings is 2. The Labute approximate surface area is 243 Å². The number of halogens is 1. The molecule has 218 valence electrons. The summed E-state index contributed by atoms with van der Waals surface area (Å²) in [5.41, 5.74) is 1.27. The van der Waals surface area contributed by atoms with Crippen LogP contribution in [0.2, 0.25) is 0 Å². The van der Waals surface area contributed by atoms with Gasteiger partial charge >= 0.3 is 12.1 Å². The Balaban J connectivity index is 1.03. The second-order valence-electron chi connectivity index (χ2n) is 11.1. The number of rotatable bonds is 6. The van der Waals surface area contributed by atoms with Gasteiger partial charge in [0.1, 0.15) is 17.5 Å². The van der Waals surface area contributed by atoms with Crippen LogP contribution in [-0.4, -0.2) is 83.7 Å². The summed E-state index contributed by atoms with van der Waals surface area (Å²) in [6.07, 6.45) is 2.38. The third-order valence-electron chi connectivity index (χ3n) is 8.23. The van der Waals surface area contributed by atoms with E-state index in [4.69, 9.17) is 4.74 Å². The molecule has 4 heterocycles. The van der Waals surface area contributed by atoms with E-state index < -0.39 is 23.3 Å². The molecule has 0 bridgehead atoms. The summed E-state index contributed by atoms with van der Waals surface area (Å²) in [7, 11) is 0. The number of hydrogen-bond acceptors (Lipinski definition) is 8. The van der Waals surface area contributed by atoms with Gasteiger partial charge in [0.25, 0.3) is 0 Å². The monoisotopic (exact) mass is 593 g/mol. The zero-order valence-corrected chi connectivity index (χ0v) is 23.4. The average Bonchev–Trinajstić information content (AvgIpc) is 3.75. The molecule has 2 amide bonds. The van der Waals surface area contributed by atoms with Gasteiger partial charge in [-0.3, -0.25) is 19.4 Å². The van der Waals surface area contributed by atoms with E-state index in [0.717, 1.165) is 17.7 Å². The Kier molecular flexibility index (Phi) is 6.58. The highest BCUT2D eigenvalue weighted by atomic mass is 32.2. The Bertz CT molecular complexity index is 1700. The molecular weight excluding hydrogens is 565 g/mol. The molecule has 7 rings (SSSR count). The number of amides is 2. The van der Waals surface area contributed by atoms with Crippen LogP contribution in [-0.2, 0) is 9.53 Å². The number of nitrogens with one attached hydrogen (secondary N) is 1. The highest BCUT2D eigenvalue weighted by molar-refractivity contribution is 8.00. The van der Waals surface area contributed by atoms with Crippen LogP contribution in [0.5, 0.6) is 0 Å². The van der Waals surface area contributed by atoms with Crippen molar-refractivity contribution < 1.29 is 28.6 Å². The molecule has 4 aliphatic rings. The quantitative estimate of drug-likeness (QED) is 0.443. The van der Waals surface area contributed by atoms with Crippen LogP contribution >= 0.6 is 11.8 Å². The van der Waals surface area contributed by atoms with Crippen molar-refractivity contribution in [3.63, 3.8) is 0 Å². The third kappa shape index (κ3) is 4.86. The van der Waals surface area contributed by atoms with Gasteiger partial charge in [-0.25, -0.2) is 14.0 Å². The van der Waals surface area contributed by atoms with Gasteiger partial charge in [-0.15, -0.1) is 11.8 Å². The summed E-state index contributed by atoms with van der Waals surface area (Å²) in [6.45, 7) is 3.25. The van der Waals surface area contributed by atoms with Crippen molar-refractivity contribution in [3.8, 4) is 0 Å². The number of carboxylic acid groups (broad SMARTS) is 1. The molecule has 2 saturated heterocycles. The number of nitrogens with zero attached hydrogens (tertiary/aromatic N) is 4. The van der Waals surface area contributed by atoms with Gasteiger partial charge in [-0.1, -0.05) is 0 Å². The maximum atomic E-state index is 15.3. The molecule has 11 nitrogen and oxygen atoms in total.